The highest BCUT2D eigenvalue weighted by atomic mass is 19.4. The quantitative estimate of drug-likeness (QED) is 0.429. The summed E-state index contributed by atoms with van der Waals surface area (Å²) < 4.78 is 60.7. The van der Waals surface area contributed by atoms with Crippen LogP contribution in [0.25, 0.3) is 10.9 Å². The Morgan fingerprint density at radius 2 is 1.93 bits per heavy atom. The molecule has 30 heavy (non-hydrogen) atoms. The third-order valence-corrected chi connectivity index (χ3v) is 4.97. The third-order valence-electron chi connectivity index (χ3n) is 4.97. The molecule has 0 fully saturated rings. The molecule has 1 aromatic heterocycles. The number of ether oxygens (including phenoxy) is 1. The topological polar surface area (TPSA) is 70.5 Å². The van der Waals surface area contributed by atoms with E-state index in [2.05, 4.69) is 15.2 Å². The molecule has 9 heteroatoms. The molecule has 0 spiro atoms. The first-order valence-electron chi connectivity index (χ1n) is 9.07. The normalized spacial score (nSPS) is 14.9. The molecule has 3 rings (SSSR count). The zero-order valence-corrected chi connectivity index (χ0v) is 16.6. The smallest absolute Gasteiger partial charge is 0.422 e. The van der Waals surface area contributed by atoms with Gasteiger partial charge in [0.25, 0.3) is 0 Å². The number of nitrogens with one attached hydrogen (secondary N) is 1. The molecule has 1 heterocycles. The summed E-state index contributed by atoms with van der Waals surface area (Å²) in [6, 6.07) is 8.44. The van der Waals surface area contributed by atoms with E-state index in [1.165, 1.54) is 39.3 Å². The number of aliphatic imine (C=N–C) groups is 1. The molecule has 0 aliphatic heterocycles. The van der Waals surface area contributed by atoms with Gasteiger partial charge in [-0.05, 0) is 42.2 Å². The van der Waals surface area contributed by atoms with Gasteiger partial charge in [-0.15, -0.1) is 0 Å². The number of aromatic nitrogens is 2. The number of fused-ring (bicyclic) bond motifs is 1. The average Bonchev–Trinajstić information content (AvgIpc) is 3.14. The van der Waals surface area contributed by atoms with Gasteiger partial charge in [-0.3, -0.25) is 10.1 Å². The number of aliphatic hydroxyl groups is 1. The van der Waals surface area contributed by atoms with E-state index in [1.807, 2.05) is 0 Å². The van der Waals surface area contributed by atoms with Gasteiger partial charge >= 0.3 is 6.18 Å². The number of benzene rings is 2. The number of halogens is 4. The van der Waals surface area contributed by atoms with Crippen molar-refractivity contribution in [3.8, 4) is 5.75 Å². The highest BCUT2D eigenvalue weighted by Gasteiger charge is 2.55. The zero-order valence-electron chi connectivity index (χ0n) is 16.6. The molecule has 5 nitrogen and oxygen atoms in total. The van der Waals surface area contributed by atoms with Crippen LogP contribution in [0.2, 0.25) is 0 Å². The fourth-order valence-corrected chi connectivity index (χ4v) is 3.44. The first-order chi connectivity index (χ1) is 14.0. The minimum absolute atomic E-state index is 0.206. The van der Waals surface area contributed by atoms with Gasteiger partial charge in [-0.2, -0.15) is 18.3 Å². The number of hydrogen-bond donors (Lipinski definition) is 2. The van der Waals surface area contributed by atoms with Crippen molar-refractivity contribution >= 4 is 22.8 Å². The predicted molar refractivity (Wildman–Crippen MR) is 106 cm³/mol. The van der Waals surface area contributed by atoms with Gasteiger partial charge in [0.05, 0.1) is 24.5 Å². The highest BCUT2D eigenvalue weighted by Crippen LogP contribution is 2.43. The number of aromatic amines is 1. The molecule has 3 aromatic rings. The predicted octanol–water partition coefficient (Wildman–Crippen LogP) is 5.07. The molecule has 0 radical (unpaired) electrons. The largest absolute Gasteiger partial charge is 0.496 e. The van der Waals surface area contributed by atoms with Crippen LogP contribution in [0, 0.1) is 5.82 Å². The van der Waals surface area contributed by atoms with Crippen molar-refractivity contribution in [1.82, 2.24) is 10.2 Å². The zero-order chi connectivity index (χ0) is 22.2. The summed E-state index contributed by atoms with van der Waals surface area (Å²) in [7, 11) is 1.34. The maximum absolute atomic E-state index is 13.9. The number of methoxy groups -OCH3 is 1. The maximum Gasteiger partial charge on any atom is 0.422 e. The van der Waals surface area contributed by atoms with Gasteiger partial charge in [0.2, 0.25) is 0 Å². The van der Waals surface area contributed by atoms with Crippen LogP contribution in [0.15, 0.2) is 47.6 Å². The average molecular weight is 423 g/mol. The Kier molecular flexibility index (Phi) is 5.60. The summed E-state index contributed by atoms with van der Waals surface area (Å²) in [4.78, 5) is 3.92. The van der Waals surface area contributed by atoms with Crippen molar-refractivity contribution in [3.05, 3.63) is 54.0 Å². The SMILES string of the molecule is COc1ccc(F)cc1C(C)(C)CC(O)(/C=N\c1cccc2[nH]ncc12)C(F)(F)F. The van der Waals surface area contributed by atoms with Crippen molar-refractivity contribution < 1.29 is 27.4 Å². The second-order valence-corrected chi connectivity index (χ2v) is 7.69. The lowest BCUT2D eigenvalue weighted by atomic mass is 9.74. The fraction of sp³-hybridized carbons (Fsp3) is 0.333. The molecule has 2 aromatic carbocycles. The molecule has 0 saturated heterocycles. The van der Waals surface area contributed by atoms with Crippen molar-refractivity contribution in [2.24, 2.45) is 4.99 Å². The van der Waals surface area contributed by atoms with Gasteiger partial charge in [-0.25, -0.2) is 4.39 Å². The van der Waals surface area contributed by atoms with Gasteiger partial charge < -0.3 is 9.84 Å². The molecule has 0 saturated carbocycles. The van der Waals surface area contributed by atoms with E-state index in [9.17, 15) is 22.7 Å². The summed E-state index contributed by atoms with van der Waals surface area (Å²) in [5.74, 6) is -0.388. The number of rotatable bonds is 6. The number of H-pyrrole nitrogens is 1. The second kappa shape index (κ2) is 7.71. The number of hydrogen-bond acceptors (Lipinski definition) is 4. The Morgan fingerprint density at radius 3 is 2.60 bits per heavy atom. The summed E-state index contributed by atoms with van der Waals surface area (Å²) in [5, 5.41) is 17.7. The van der Waals surface area contributed by atoms with Crippen molar-refractivity contribution in [2.75, 3.05) is 7.11 Å². The van der Waals surface area contributed by atoms with Gasteiger partial charge in [-0.1, -0.05) is 19.9 Å². The van der Waals surface area contributed by atoms with Crippen LogP contribution in [0.3, 0.4) is 0 Å². The minimum Gasteiger partial charge on any atom is -0.496 e. The Hall–Kier alpha value is -2.94. The van der Waals surface area contributed by atoms with Gasteiger partial charge in [0.1, 0.15) is 11.6 Å². The van der Waals surface area contributed by atoms with Crippen LogP contribution in [-0.2, 0) is 5.41 Å². The van der Waals surface area contributed by atoms with Crippen LogP contribution >= 0.6 is 0 Å². The van der Waals surface area contributed by atoms with Crippen molar-refractivity contribution in [3.63, 3.8) is 0 Å². The molecule has 0 aliphatic rings. The van der Waals surface area contributed by atoms with E-state index in [1.54, 1.807) is 12.1 Å². The second-order valence-electron chi connectivity index (χ2n) is 7.69. The Labute approximate surface area is 170 Å². The van der Waals surface area contributed by atoms with E-state index < -0.39 is 29.4 Å². The van der Waals surface area contributed by atoms with Crippen LogP contribution in [0.5, 0.6) is 5.75 Å². The van der Waals surface area contributed by atoms with Gasteiger partial charge in [0, 0.05) is 17.2 Å². The van der Waals surface area contributed by atoms with Crippen molar-refractivity contribution in [2.45, 2.75) is 37.5 Å². The van der Waals surface area contributed by atoms with Crippen LogP contribution < -0.4 is 4.74 Å². The Balaban J connectivity index is 2.02. The van der Waals surface area contributed by atoms with Crippen LogP contribution in [-0.4, -0.2) is 40.4 Å². The van der Waals surface area contributed by atoms with E-state index >= 15 is 0 Å². The van der Waals surface area contributed by atoms with Gasteiger partial charge in [0.15, 0.2) is 5.60 Å². The third kappa shape index (κ3) is 4.16. The maximum atomic E-state index is 13.9. The summed E-state index contributed by atoms with van der Waals surface area (Å²) in [6.07, 6.45) is -3.88. The first-order valence-corrected chi connectivity index (χ1v) is 9.07. The lowest BCUT2D eigenvalue weighted by Crippen LogP contribution is -2.50. The van der Waals surface area contributed by atoms with Crippen LogP contribution in [0.4, 0.5) is 23.2 Å². The Morgan fingerprint density at radius 1 is 1.20 bits per heavy atom. The summed E-state index contributed by atoms with van der Waals surface area (Å²) in [5.41, 5.74) is -3.53. The standard InChI is InChI=1S/C21H21F4N3O2/c1-19(2,15-9-13(22)7-8-18(15)30-3)11-20(29,21(23,24)25)12-26-16-5-4-6-17-14(16)10-27-28-17/h4-10,12,29H,11H2,1-3H3,(H,27,28)/b26-12-. The fourth-order valence-electron chi connectivity index (χ4n) is 3.44. The molecule has 1 atom stereocenters. The van der Waals surface area contributed by atoms with E-state index in [0.717, 1.165) is 12.1 Å². The molecule has 160 valence electrons. The molecular formula is C21H21F4N3O2. The lowest BCUT2D eigenvalue weighted by Gasteiger charge is -2.36. The van der Waals surface area contributed by atoms with E-state index in [-0.39, 0.29) is 17.0 Å². The molecule has 0 amide bonds. The number of nitrogens with zero attached hydrogens (tertiary/aromatic N) is 2. The first kappa shape index (κ1) is 21.8. The summed E-state index contributed by atoms with van der Waals surface area (Å²) in [6.45, 7) is 2.96. The minimum atomic E-state index is -5.02. The summed E-state index contributed by atoms with van der Waals surface area (Å²) >= 11 is 0. The monoisotopic (exact) mass is 423 g/mol. The number of alkyl halides is 3. The molecule has 0 bridgehead atoms. The molecule has 0 aliphatic carbocycles. The molecular weight excluding hydrogens is 402 g/mol. The highest BCUT2D eigenvalue weighted by molar-refractivity contribution is 5.91. The van der Waals surface area contributed by atoms with Crippen LogP contribution in [0.1, 0.15) is 25.8 Å². The Bertz CT molecular complexity index is 1080. The van der Waals surface area contributed by atoms with Crippen molar-refractivity contribution in [1.29, 1.82) is 0 Å². The molecule has 2 N–H and O–H groups in total. The van der Waals surface area contributed by atoms with E-state index in [4.69, 9.17) is 4.74 Å². The lowest BCUT2D eigenvalue weighted by molar-refractivity contribution is -0.234. The molecule has 1 unspecified atom stereocenters. The van der Waals surface area contributed by atoms with E-state index in [0.29, 0.717) is 17.1 Å².